The number of rotatable bonds is 5. The maximum Gasteiger partial charge on any atom is 0.0455 e. The van der Waals surface area contributed by atoms with Crippen LogP contribution in [0.1, 0.15) is 16.7 Å². The number of aryl methyl sites for hydroxylation is 2. The molecule has 0 bridgehead atoms. The first-order chi connectivity index (χ1) is 9.56. The van der Waals surface area contributed by atoms with Crippen molar-refractivity contribution in [1.82, 2.24) is 0 Å². The highest BCUT2D eigenvalue weighted by Gasteiger charge is 2.01. The second-order valence-corrected chi connectivity index (χ2v) is 5.55. The third kappa shape index (κ3) is 3.91. The van der Waals surface area contributed by atoms with Crippen molar-refractivity contribution in [3.8, 4) is 0 Å². The summed E-state index contributed by atoms with van der Waals surface area (Å²) in [5, 5.41) is 7.64. The first kappa shape index (κ1) is 14.7. The lowest BCUT2D eigenvalue weighted by Gasteiger charge is -2.12. The molecule has 0 aliphatic rings. The zero-order valence-corrected chi connectivity index (χ0v) is 13.0. The van der Waals surface area contributed by atoms with Crippen molar-refractivity contribution in [2.45, 2.75) is 20.8 Å². The van der Waals surface area contributed by atoms with Crippen molar-refractivity contribution >= 4 is 23.0 Å². The number of hydrogen-bond donors (Lipinski definition) is 2. The van der Waals surface area contributed by atoms with E-state index in [1.54, 1.807) is 0 Å². The van der Waals surface area contributed by atoms with Crippen molar-refractivity contribution in [1.29, 1.82) is 0 Å². The van der Waals surface area contributed by atoms with Gasteiger partial charge in [0.1, 0.15) is 0 Å². The Bertz CT molecular complexity index is 573. The molecule has 0 saturated carbocycles. The van der Waals surface area contributed by atoms with Gasteiger partial charge in [0.15, 0.2) is 0 Å². The van der Waals surface area contributed by atoms with Crippen LogP contribution in [0.5, 0.6) is 0 Å². The fraction of sp³-hybridized carbons (Fsp3) is 0.294. The molecule has 2 N–H and O–H groups in total. The molecule has 0 aliphatic heterocycles. The summed E-state index contributed by atoms with van der Waals surface area (Å²) in [6.45, 7) is 7.99. The van der Waals surface area contributed by atoms with Crippen LogP contribution in [0, 0.1) is 20.8 Å². The third-order valence-corrected chi connectivity index (χ3v) is 3.67. The van der Waals surface area contributed by atoms with E-state index in [2.05, 4.69) is 48.7 Å². The van der Waals surface area contributed by atoms with Crippen LogP contribution in [0.15, 0.2) is 36.4 Å². The van der Waals surface area contributed by atoms with Gasteiger partial charge in [-0.2, -0.15) is 0 Å². The topological polar surface area (TPSA) is 24.1 Å². The van der Waals surface area contributed by atoms with Crippen LogP contribution in [-0.2, 0) is 0 Å². The Hall–Kier alpha value is -1.67. The van der Waals surface area contributed by atoms with Crippen molar-refractivity contribution in [3.63, 3.8) is 0 Å². The lowest BCUT2D eigenvalue weighted by molar-refractivity contribution is 1.07. The van der Waals surface area contributed by atoms with Crippen molar-refractivity contribution in [2.24, 2.45) is 0 Å². The van der Waals surface area contributed by atoms with E-state index >= 15 is 0 Å². The molecular weight excluding hydrogens is 268 g/mol. The Morgan fingerprint density at radius 2 is 1.55 bits per heavy atom. The molecule has 0 spiro atoms. The highest BCUT2D eigenvalue weighted by molar-refractivity contribution is 6.31. The predicted octanol–water partition coefficient (Wildman–Crippen LogP) is 4.79. The maximum atomic E-state index is 6.10. The summed E-state index contributed by atoms with van der Waals surface area (Å²) in [4.78, 5) is 0. The van der Waals surface area contributed by atoms with Gasteiger partial charge in [0.2, 0.25) is 0 Å². The maximum absolute atomic E-state index is 6.10. The number of benzene rings is 2. The highest BCUT2D eigenvalue weighted by atomic mass is 35.5. The molecule has 2 nitrogen and oxygen atoms in total. The van der Waals surface area contributed by atoms with E-state index in [0.29, 0.717) is 0 Å². The SMILES string of the molecule is Cc1cc(C)cc(NCCNc2cccc(Cl)c2C)c1. The van der Waals surface area contributed by atoms with Gasteiger partial charge in [-0.15, -0.1) is 0 Å². The molecule has 20 heavy (non-hydrogen) atoms. The van der Waals surface area contributed by atoms with Gasteiger partial charge in [0, 0.05) is 29.5 Å². The van der Waals surface area contributed by atoms with E-state index in [1.165, 1.54) is 16.8 Å². The summed E-state index contributed by atoms with van der Waals surface area (Å²) in [6, 6.07) is 12.4. The Labute approximate surface area is 126 Å². The van der Waals surface area contributed by atoms with Gasteiger partial charge in [-0.25, -0.2) is 0 Å². The summed E-state index contributed by atoms with van der Waals surface area (Å²) in [6.07, 6.45) is 0. The molecular formula is C17H21ClN2. The standard InChI is InChI=1S/C17H21ClN2/c1-12-9-13(2)11-15(10-12)19-7-8-20-17-6-4-5-16(18)14(17)3/h4-6,9-11,19-20H,7-8H2,1-3H3. The van der Waals surface area contributed by atoms with Gasteiger partial charge in [-0.3, -0.25) is 0 Å². The molecule has 2 rings (SSSR count). The van der Waals surface area contributed by atoms with Crippen LogP contribution in [-0.4, -0.2) is 13.1 Å². The van der Waals surface area contributed by atoms with E-state index in [-0.39, 0.29) is 0 Å². The first-order valence-corrected chi connectivity index (χ1v) is 7.25. The van der Waals surface area contributed by atoms with Crippen molar-refractivity contribution in [2.75, 3.05) is 23.7 Å². The van der Waals surface area contributed by atoms with Gasteiger partial charge < -0.3 is 10.6 Å². The van der Waals surface area contributed by atoms with Crippen LogP contribution in [0.25, 0.3) is 0 Å². The molecule has 0 heterocycles. The highest BCUT2D eigenvalue weighted by Crippen LogP contribution is 2.22. The van der Waals surface area contributed by atoms with Crippen LogP contribution in [0.4, 0.5) is 11.4 Å². The minimum atomic E-state index is 0.803. The lowest BCUT2D eigenvalue weighted by Crippen LogP contribution is -2.14. The Morgan fingerprint density at radius 1 is 0.900 bits per heavy atom. The number of nitrogens with one attached hydrogen (secondary N) is 2. The molecule has 106 valence electrons. The number of halogens is 1. The largest absolute Gasteiger partial charge is 0.383 e. The van der Waals surface area contributed by atoms with Gasteiger partial charge in [-0.05, 0) is 61.7 Å². The zero-order chi connectivity index (χ0) is 14.5. The summed E-state index contributed by atoms with van der Waals surface area (Å²) in [5.74, 6) is 0. The normalized spacial score (nSPS) is 10.4. The molecule has 0 saturated heterocycles. The van der Waals surface area contributed by atoms with E-state index in [9.17, 15) is 0 Å². The summed E-state index contributed by atoms with van der Waals surface area (Å²) < 4.78 is 0. The lowest BCUT2D eigenvalue weighted by atomic mass is 10.1. The summed E-state index contributed by atoms with van der Waals surface area (Å²) >= 11 is 6.10. The Balaban J connectivity index is 1.86. The zero-order valence-electron chi connectivity index (χ0n) is 12.3. The van der Waals surface area contributed by atoms with Crippen LogP contribution in [0.3, 0.4) is 0 Å². The van der Waals surface area contributed by atoms with E-state index in [1.807, 2.05) is 19.1 Å². The van der Waals surface area contributed by atoms with E-state index in [4.69, 9.17) is 11.6 Å². The minimum Gasteiger partial charge on any atom is -0.383 e. The fourth-order valence-corrected chi connectivity index (χ4v) is 2.45. The molecule has 0 aromatic heterocycles. The van der Waals surface area contributed by atoms with E-state index in [0.717, 1.165) is 29.4 Å². The third-order valence-electron chi connectivity index (χ3n) is 3.26. The first-order valence-electron chi connectivity index (χ1n) is 6.87. The predicted molar refractivity (Wildman–Crippen MR) is 89.1 cm³/mol. The summed E-state index contributed by atoms with van der Waals surface area (Å²) in [7, 11) is 0. The molecule has 2 aromatic carbocycles. The molecule has 0 unspecified atom stereocenters. The second-order valence-electron chi connectivity index (χ2n) is 5.14. The molecule has 0 amide bonds. The van der Waals surface area contributed by atoms with Gasteiger partial charge in [0.05, 0.1) is 0 Å². The van der Waals surface area contributed by atoms with Gasteiger partial charge in [0.25, 0.3) is 0 Å². The Kier molecular flexibility index (Phi) is 4.91. The average Bonchev–Trinajstić information content (AvgIpc) is 2.38. The van der Waals surface area contributed by atoms with Crippen LogP contribution >= 0.6 is 11.6 Å². The molecule has 0 atom stereocenters. The van der Waals surface area contributed by atoms with Crippen LogP contribution < -0.4 is 10.6 Å². The molecule has 0 fully saturated rings. The Morgan fingerprint density at radius 3 is 2.25 bits per heavy atom. The number of anilines is 2. The summed E-state index contributed by atoms with van der Waals surface area (Å²) in [5.41, 5.74) is 5.93. The van der Waals surface area contributed by atoms with Gasteiger partial charge in [-0.1, -0.05) is 23.7 Å². The number of hydrogen-bond acceptors (Lipinski definition) is 2. The fourth-order valence-electron chi connectivity index (χ4n) is 2.28. The monoisotopic (exact) mass is 288 g/mol. The minimum absolute atomic E-state index is 0.803. The molecule has 3 heteroatoms. The van der Waals surface area contributed by atoms with E-state index < -0.39 is 0 Å². The van der Waals surface area contributed by atoms with Crippen molar-refractivity contribution < 1.29 is 0 Å². The quantitative estimate of drug-likeness (QED) is 0.773. The smallest absolute Gasteiger partial charge is 0.0455 e. The average molecular weight is 289 g/mol. The molecule has 0 radical (unpaired) electrons. The molecule has 2 aromatic rings. The van der Waals surface area contributed by atoms with Crippen LogP contribution in [0.2, 0.25) is 5.02 Å². The van der Waals surface area contributed by atoms with Crippen molar-refractivity contribution in [3.05, 3.63) is 58.1 Å². The van der Waals surface area contributed by atoms with Gasteiger partial charge >= 0.3 is 0 Å². The second kappa shape index (κ2) is 6.67. The molecule has 0 aliphatic carbocycles.